The van der Waals surface area contributed by atoms with Crippen LogP contribution in [0.5, 0.6) is 0 Å². The number of nitrogens with one attached hydrogen (secondary N) is 1. The van der Waals surface area contributed by atoms with Crippen molar-refractivity contribution in [2.45, 2.75) is 88.4 Å². The van der Waals surface area contributed by atoms with Crippen LogP contribution in [0.2, 0.25) is 0 Å². The number of aromatic nitrogens is 2. The van der Waals surface area contributed by atoms with Gasteiger partial charge in [0.1, 0.15) is 0 Å². The van der Waals surface area contributed by atoms with Crippen molar-refractivity contribution >= 4 is 17.3 Å². The second-order valence-electron chi connectivity index (χ2n) is 9.01. The highest BCUT2D eigenvalue weighted by Gasteiger charge is 2.43. The molecule has 1 saturated heterocycles. The Morgan fingerprint density at radius 2 is 1.62 bits per heavy atom. The Labute approximate surface area is 179 Å². The van der Waals surface area contributed by atoms with Crippen LogP contribution in [0.4, 0.5) is 0 Å². The van der Waals surface area contributed by atoms with Crippen LogP contribution in [0.3, 0.4) is 0 Å². The molecule has 5 heteroatoms. The maximum Gasteiger partial charge on any atom is 0.170 e. The van der Waals surface area contributed by atoms with Crippen molar-refractivity contribution < 1.29 is 0 Å². The van der Waals surface area contributed by atoms with Crippen LogP contribution in [-0.4, -0.2) is 25.6 Å². The van der Waals surface area contributed by atoms with Crippen LogP contribution < -0.4 is 5.32 Å². The van der Waals surface area contributed by atoms with Crippen LogP contribution in [0, 0.1) is 0 Å². The van der Waals surface area contributed by atoms with E-state index in [9.17, 15) is 0 Å². The monoisotopic (exact) mass is 408 g/mol. The van der Waals surface area contributed by atoms with Gasteiger partial charge < -0.3 is 14.8 Å². The molecule has 0 spiro atoms. The lowest BCUT2D eigenvalue weighted by molar-refractivity contribution is 0.197. The van der Waals surface area contributed by atoms with Gasteiger partial charge in [0.2, 0.25) is 0 Å². The molecule has 0 aromatic carbocycles. The minimum atomic E-state index is 0.118. The summed E-state index contributed by atoms with van der Waals surface area (Å²) in [6, 6.07) is 10.1. The summed E-state index contributed by atoms with van der Waals surface area (Å²) in [6.45, 7) is 0. The third kappa shape index (κ3) is 3.81. The summed E-state index contributed by atoms with van der Waals surface area (Å²) in [7, 11) is 0. The van der Waals surface area contributed by atoms with Gasteiger partial charge in [-0.05, 0) is 61.7 Å². The molecule has 0 radical (unpaired) electrons. The van der Waals surface area contributed by atoms with Gasteiger partial charge in [-0.15, -0.1) is 0 Å². The molecular formula is C24H32N4S. The van der Waals surface area contributed by atoms with E-state index in [0.29, 0.717) is 12.1 Å². The van der Waals surface area contributed by atoms with Crippen LogP contribution in [-0.2, 0) is 0 Å². The molecule has 0 bridgehead atoms. The largest absolute Gasteiger partial charge is 0.352 e. The summed E-state index contributed by atoms with van der Waals surface area (Å²) in [6.07, 6.45) is 19.8. The molecule has 3 heterocycles. The Morgan fingerprint density at radius 3 is 2.31 bits per heavy atom. The average Bonchev–Trinajstić information content (AvgIpc) is 3.40. The third-order valence-corrected chi connectivity index (χ3v) is 7.51. The maximum atomic E-state index is 5.89. The third-order valence-electron chi connectivity index (χ3n) is 7.18. The Morgan fingerprint density at radius 1 is 0.897 bits per heavy atom. The van der Waals surface area contributed by atoms with Crippen molar-refractivity contribution in [1.29, 1.82) is 0 Å². The number of hydrogen-bond donors (Lipinski definition) is 1. The molecule has 1 N–H and O–H groups in total. The highest BCUT2D eigenvalue weighted by Crippen LogP contribution is 2.43. The molecule has 1 aliphatic heterocycles. The van der Waals surface area contributed by atoms with E-state index in [1.54, 1.807) is 0 Å². The fourth-order valence-corrected chi connectivity index (χ4v) is 6.08. The summed E-state index contributed by atoms with van der Waals surface area (Å²) in [5, 5.41) is 4.55. The van der Waals surface area contributed by atoms with Gasteiger partial charge in [-0.3, -0.25) is 4.98 Å². The summed E-state index contributed by atoms with van der Waals surface area (Å²) in [4.78, 5) is 7.21. The van der Waals surface area contributed by atoms with Gasteiger partial charge in [0.15, 0.2) is 5.11 Å². The molecule has 2 aromatic rings. The topological polar surface area (TPSA) is 33.1 Å². The molecule has 0 unspecified atom stereocenters. The van der Waals surface area contributed by atoms with E-state index >= 15 is 0 Å². The lowest BCUT2D eigenvalue weighted by Crippen LogP contribution is -2.40. The van der Waals surface area contributed by atoms with Crippen molar-refractivity contribution in [1.82, 2.24) is 19.8 Å². The summed E-state index contributed by atoms with van der Waals surface area (Å²) in [5.74, 6) is 0. The van der Waals surface area contributed by atoms with Crippen molar-refractivity contribution in [2.75, 3.05) is 0 Å². The number of thiocarbonyl (C=S) groups is 1. The van der Waals surface area contributed by atoms with E-state index < -0.39 is 0 Å². The van der Waals surface area contributed by atoms with Gasteiger partial charge in [0, 0.05) is 30.7 Å². The van der Waals surface area contributed by atoms with Gasteiger partial charge in [-0.1, -0.05) is 44.6 Å². The van der Waals surface area contributed by atoms with E-state index in [4.69, 9.17) is 17.2 Å². The molecule has 154 valence electrons. The number of nitrogens with zero attached hydrogens (tertiary/aromatic N) is 3. The quantitative estimate of drug-likeness (QED) is 0.659. The molecule has 2 saturated carbocycles. The van der Waals surface area contributed by atoms with Crippen LogP contribution in [0.1, 0.15) is 93.6 Å². The van der Waals surface area contributed by atoms with Crippen molar-refractivity contribution in [2.24, 2.45) is 0 Å². The minimum absolute atomic E-state index is 0.118. The van der Waals surface area contributed by atoms with E-state index in [1.165, 1.54) is 69.8 Å². The number of pyridine rings is 1. The van der Waals surface area contributed by atoms with Gasteiger partial charge in [0.05, 0.1) is 17.8 Å². The van der Waals surface area contributed by atoms with E-state index in [-0.39, 0.29) is 12.1 Å². The second kappa shape index (κ2) is 8.47. The zero-order chi connectivity index (χ0) is 19.6. The normalized spacial score (nSPS) is 26.6. The molecule has 4 nitrogen and oxygen atoms in total. The summed E-state index contributed by atoms with van der Waals surface area (Å²) in [5.41, 5.74) is 2.47. The Balaban J connectivity index is 1.49. The van der Waals surface area contributed by atoms with Gasteiger partial charge in [-0.2, -0.15) is 0 Å². The predicted molar refractivity (Wildman–Crippen MR) is 121 cm³/mol. The molecule has 2 atom stereocenters. The lowest BCUT2D eigenvalue weighted by atomic mass is 9.91. The second-order valence-corrected chi connectivity index (χ2v) is 9.40. The van der Waals surface area contributed by atoms with Gasteiger partial charge in [0.25, 0.3) is 0 Å². The molecule has 2 aliphatic carbocycles. The fourth-order valence-electron chi connectivity index (χ4n) is 5.69. The molecular weight excluding hydrogens is 376 g/mol. The van der Waals surface area contributed by atoms with Gasteiger partial charge >= 0.3 is 0 Å². The zero-order valence-corrected chi connectivity index (χ0v) is 18.0. The highest BCUT2D eigenvalue weighted by atomic mass is 32.1. The average molecular weight is 409 g/mol. The molecule has 2 aromatic heterocycles. The van der Waals surface area contributed by atoms with Crippen molar-refractivity contribution in [3.05, 3.63) is 54.1 Å². The van der Waals surface area contributed by atoms with Crippen LogP contribution >= 0.6 is 12.2 Å². The lowest BCUT2D eigenvalue weighted by Gasteiger charge is -2.36. The molecule has 3 fully saturated rings. The molecule has 29 heavy (non-hydrogen) atoms. The first-order valence-electron chi connectivity index (χ1n) is 11.5. The maximum absolute atomic E-state index is 5.89. The number of rotatable bonds is 4. The summed E-state index contributed by atoms with van der Waals surface area (Å²) >= 11 is 5.89. The van der Waals surface area contributed by atoms with Crippen molar-refractivity contribution in [3.63, 3.8) is 0 Å². The van der Waals surface area contributed by atoms with E-state index in [1.807, 2.05) is 12.3 Å². The van der Waals surface area contributed by atoms with Crippen LogP contribution in [0.15, 0.2) is 42.9 Å². The highest BCUT2D eigenvalue weighted by molar-refractivity contribution is 7.80. The smallest absolute Gasteiger partial charge is 0.170 e. The summed E-state index contributed by atoms with van der Waals surface area (Å²) < 4.78 is 2.48. The predicted octanol–water partition coefficient (Wildman–Crippen LogP) is 5.69. The SMILES string of the molecule is S=C1N[C@@H](c2ccccn2)[C@@H](c2ccn(C3CCCCC3)c2)N1C1CCCCC1. The fraction of sp³-hybridized carbons (Fsp3) is 0.583. The first-order chi connectivity index (χ1) is 14.3. The van der Waals surface area contributed by atoms with Gasteiger partial charge in [-0.25, -0.2) is 0 Å². The molecule has 0 amide bonds. The molecule has 5 rings (SSSR count). The first-order valence-corrected chi connectivity index (χ1v) is 11.9. The Hall–Kier alpha value is -1.88. The standard InChI is InChI=1S/C24H32N4S/c29-24-26-22(21-13-7-8-15-25-21)23(28(24)20-11-5-2-6-12-20)18-14-16-27(17-18)19-9-3-1-4-10-19/h7-8,13-17,19-20,22-23H,1-6,9-12H2,(H,26,29)/t22-,23+/m0/s1. The van der Waals surface area contributed by atoms with Crippen molar-refractivity contribution in [3.8, 4) is 0 Å². The first kappa shape index (κ1) is 19.1. The minimum Gasteiger partial charge on any atom is -0.352 e. The molecule has 3 aliphatic rings. The Kier molecular flexibility index (Phi) is 5.58. The van der Waals surface area contributed by atoms with Crippen LogP contribution in [0.25, 0.3) is 0 Å². The van der Waals surface area contributed by atoms with E-state index in [2.05, 4.69) is 45.4 Å². The zero-order valence-electron chi connectivity index (χ0n) is 17.2. The van der Waals surface area contributed by atoms with E-state index in [0.717, 1.165) is 10.8 Å². The number of hydrogen-bond acceptors (Lipinski definition) is 2. The Bertz CT molecular complexity index is 820.